The number of likely N-dealkylation sites (tertiary alicyclic amines) is 1. The van der Waals surface area contributed by atoms with Gasteiger partial charge in [0.1, 0.15) is 5.69 Å². The lowest BCUT2D eigenvalue weighted by Crippen LogP contribution is -2.42. The van der Waals surface area contributed by atoms with Gasteiger partial charge in [0, 0.05) is 11.4 Å². The second-order valence-corrected chi connectivity index (χ2v) is 8.90. The summed E-state index contributed by atoms with van der Waals surface area (Å²) in [5, 5.41) is 4.08. The number of carbonyl (C=O) groups excluding carboxylic acids is 1. The predicted octanol–water partition coefficient (Wildman–Crippen LogP) is 4.27. The van der Waals surface area contributed by atoms with Crippen molar-refractivity contribution in [3.63, 3.8) is 0 Å². The molecule has 1 saturated heterocycles. The van der Waals surface area contributed by atoms with Crippen molar-refractivity contribution < 1.29 is 4.79 Å². The quantitative estimate of drug-likeness (QED) is 0.854. The highest BCUT2D eigenvalue weighted by molar-refractivity contribution is 7.11. The van der Waals surface area contributed by atoms with Gasteiger partial charge in [-0.2, -0.15) is 0 Å². The fourth-order valence-electron chi connectivity index (χ4n) is 3.60. The summed E-state index contributed by atoms with van der Waals surface area (Å²) in [6.45, 7) is 11.1. The van der Waals surface area contributed by atoms with Crippen LogP contribution in [0.4, 0.5) is 0 Å². The number of benzene rings is 1. The molecule has 1 aliphatic rings. The van der Waals surface area contributed by atoms with Crippen LogP contribution in [0.1, 0.15) is 57.3 Å². The van der Waals surface area contributed by atoms with E-state index in [4.69, 9.17) is 0 Å². The highest BCUT2D eigenvalue weighted by Crippen LogP contribution is 2.27. The Morgan fingerprint density at radius 3 is 2.46 bits per heavy atom. The standard InChI is InChI=1S/C21H29N3OS/c1-14-5-7-18(8-6-14)19(24-11-9-15(2)10-12-24)13-22-21(25)20-16(3)26-17(4)23-20/h5-8,15,19H,9-13H2,1-4H3,(H,22,25)/t19-/m1/s1. The number of hydrogen-bond acceptors (Lipinski definition) is 4. The van der Waals surface area contributed by atoms with E-state index in [0.717, 1.165) is 28.9 Å². The number of carbonyl (C=O) groups is 1. The van der Waals surface area contributed by atoms with Crippen molar-refractivity contribution >= 4 is 17.2 Å². The molecule has 2 heterocycles. The van der Waals surface area contributed by atoms with Crippen LogP contribution in [0.25, 0.3) is 0 Å². The Kier molecular flexibility index (Phi) is 6.09. The molecule has 26 heavy (non-hydrogen) atoms. The molecule has 1 aromatic carbocycles. The second-order valence-electron chi connectivity index (χ2n) is 7.49. The summed E-state index contributed by atoms with van der Waals surface area (Å²) < 4.78 is 0. The normalized spacial score (nSPS) is 17.2. The Morgan fingerprint density at radius 1 is 1.23 bits per heavy atom. The summed E-state index contributed by atoms with van der Waals surface area (Å²) in [5.41, 5.74) is 3.11. The fraction of sp³-hybridized carbons (Fsp3) is 0.524. The average molecular weight is 372 g/mol. The van der Waals surface area contributed by atoms with Crippen LogP contribution in [-0.4, -0.2) is 35.4 Å². The van der Waals surface area contributed by atoms with Gasteiger partial charge in [-0.25, -0.2) is 4.98 Å². The third kappa shape index (κ3) is 4.51. The summed E-state index contributed by atoms with van der Waals surface area (Å²) in [4.78, 5) is 20.5. The fourth-order valence-corrected chi connectivity index (χ4v) is 4.41. The number of piperidine rings is 1. The van der Waals surface area contributed by atoms with Gasteiger partial charge in [-0.05, 0) is 58.2 Å². The molecule has 0 saturated carbocycles. The van der Waals surface area contributed by atoms with Crippen molar-refractivity contribution in [1.29, 1.82) is 0 Å². The number of aromatic nitrogens is 1. The molecule has 140 valence electrons. The van der Waals surface area contributed by atoms with Crippen LogP contribution in [0.3, 0.4) is 0 Å². The Morgan fingerprint density at radius 2 is 1.88 bits per heavy atom. The zero-order valence-corrected chi connectivity index (χ0v) is 17.0. The lowest BCUT2D eigenvalue weighted by Gasteiger charge is -2.37. The van der Waals surface area contributed by atoms with E-state index in [-0.39, 0.29) is 11.9 Å². The van der Waals surface area contributed by atoms with Crippen LogP contribution >= 0.6 is 11.3 Å². The van der Waals surface area contributed by atoms with Crippen LogP contribution in [-0.2, 0) is 0 Å². The number of nitrogens with zero attached hydrogens (tertiary/aromatic N) is 2. The zero-order valence-electron chi connectivity index (χ0n) is 16.2. The predicted molar refractivity (Wildman–Crippen MR) is 108 cm³/mol. The number of nitrogens with one attached hydrogen (secondary N) is 1. The molecule has 1 atom stereocenters. The Labute approximate surface area is 160 Å². The lowest BCUT2D eigenvalue weighted by atomic mass is 9.95. The minimum Gasteiger partial charge on any atom is -0.349 e. The van der Waals surface area contributed by atoms with E-state index in [9.17, 15) is 4.79 Å². The molecule has 3 rings (SSSR count). The SMILES string of the molecule is Cc1ccc([C@@H](CNC(=O)c2nc(C)sc2C)N2CCC(C)CC2)cc1. The minimum absolute atomic E-state index is 0.0608. The Balaban J connectivity index is 1.74. The largest absolute Gasteiger partial charge is 0.349 e. The van der Waals surface area contributed by atoms with E-state index >= 15 is 0 Å². The molecule has 1 N–H and O–H groups in total. The molecule has 1 aliphatic heterocycles. The smallest absolute Gasteiger partial charge is 0.271 e. The van der Waals surface area contributed by atoms with E-state index in [2.05, 4.69) is 53.3 Å². The van der Waals surface area contributed by atoms with Gasteiger partial charge in [-0.1, -0.05) is 36.8 Å². The number of thiazole rings is 1. The van der Waals surface area contributed by atoms with Crippen molar-refractivity contribution in [2.45, 2.75) is 46.6 Å². The highest BCUT2D eigenvalue weighted by Gasteiger charge is 2.25. The molecule has 1 aromatic heterocycles. The summed E-state index contributed by atoms with van der Waals surface area (Å²) in [6.07, 6.45) is 2.45. The van der Waals surface area contributed by atoms with Crippen molar-refractivity contribution in [1.82, 2.24) is 15.2 Å². The van der Waals surface area contributed by atoms with Crippen LogP contribution in [0.2, 0.25) is 0 Å². The molecule has 1 amide bonds. The second kappa shape index (κ2) is 8.31. The summed E-state index contributed by atoms with van der Waals surface area (Å²) in [6, 6.07) is 8.92. The van der Waals surface area contributed by atoms with Gasteiger partial charge in [0.2, 0.25) is 0 Å². The topological polar surface area (TPSA) is 45.2 Å². The molecule has 0 unspecified atom stereocenters. The summed E-state index contributed by atoms with van der Waals surface area (Å²) in [5.74, 6) is 0.731. The molecule has 0 aliphatic carbocycles. The van der Waals surface area contributed by atoms with E-state index in [1.807, 2.05) is 13.8 Å². The molecule has 4 nitrogen and oxygen atoms in total. The van der Waals surface area contributed by atoms with Gasteiger partial charge < -0.3 is 5.32 Å². The molecular formula is C21H29N3OS. The van der Waals surface area contributed by atoms with E-state index in [1.54, 1.807) is 11.3 Å². The van der Waals surface area contributed by atoms with Gasteiger partial charge >= 0.3 is 0 Å². The Hall–Kier alpha value is -1.72. The lowest BCUT2D eigenvalue weighted by molar-refractivity contribution is 0.0908. The van der Waals surface area contributed by atoms with Gasteiger partial charge in [-0.3, -0.25) is 9.69 Å². The first-order valence-corrected chi connectivity index (χ1v) is 10.3. The van der Waals surface area contributed by atoms with E-state index in [1.165, 1.54) is 24.0 Å². The Bertz CT molecular complexity index is 745. The molecule has 0 bridgehead atoms. The highest BCUT2D eigenvalue weighted by atomic mass is 32.1. The maximum atomic E-state index is 12.6. The summed E-state index contributed by atoms with van der Waals surface area (Å²) >= 11 is 1.58. The number of amides is 1. The monoisotopic (exact) mass is 371 g/mol. The average Bonchev–Trinajstić information content (AvgIpc) is 2.96. The molecule has 1 fully saturated rings. The first-order valence-electron chi connectivity index (χ1n) is 9.47. The van der Waals surface area contributed by atoms with E-state index < -0.39 is 0 Å². The minimum atomic E-state index is -0.0608. The first-order chi connectivity index (χ1) is 12.4. The number of rotatable bonds is 5. The maximum Gasteiger partial charge on any atom is 0.271 e. The van der Waals surface area contributed by atoms with Crippen LogP contribution in [0.15, 0.2) is 24.3 Å². The van der Waals surface area contributed by atoms with Crippen molar-refractivity contribution in [3.05, 3.63) is 51.0 Å². The molecule has 5 heteroatoms. The summed E-state index contributed by atoms with van der Waals surface area (Å²) in [7, 11) is 0. The van der Waals surface area contributed by atoms with Crippen LogP contribution in [0, 0.1) is 26.7 Å². The maximum absolute atomic E-state index is 12.6. The number of aryl methyl sites for hydroxylation is 3. The van der Waals surface area contributed by atoms with Gasteiger partial charge in [0.15, 0.2) is 0 Å². The van der Waals surface area contributed by atoms with Crippen molar-refractivity contribution in [2.24, 2.45) is 5.92 Å². The van der Waals surface area contributed by atoms with Gasteiger partial charge in [-0.15, -0.1) is 11.3 Å². The molecular weight excluding hydrogens is 342 g/mol. The van der Waals surface area contributed by atoms with Crippen LogP contribution < -0.4 is 5.32 Å². The van der Waals surface area contributed by atoms with Crippen LogP contribution in [0.5, 0.6) is 0 Å². The first kappa shape index (κ1) is 19.1. The third-order valence-electron chi connectivity index (χ3n) is 5.30. The molecule has 0 radical (unpaired) electrons. The molecule has 2 aromatic rings. The third-order valence-corrected chi connectivity index (χ3v) is 6.18. The van der Waals surface area contributed by atoms with Crippen molar-refractivity contribution in [2.75, 3.05) is 19.6 Å². The van der Waals surface area contributed by atoms with E-state index in [0.29, 0.717) is 12.2 Å². The van der Waals surface area contributed by atoms with Gasteiger partial charge in [0.25, 0.3) is 5.91 Å². The number of hydrogen-bond donors (Lipinski definition) is 1. The van der Waals surface area contributed by atoms with Crippen molar-refractivity contribution in [3.8, 4) is 0 Å². The molecule has 0 spiro atoms. The zero-order chi connectivity index (χ0) is 18.7. The van der Waals surface area contributed by atoms with Gasteiger partial charge in [0.05, 0.1) is 11.0 Å².